The lowest BCUT2D eigenvalue weighted by Gasteiger charge is -2.02. The van der Waals surface area contributed by atoms with Gasteiger partial charge in [-0.25, -0.2) is 0 Å². The Hall–Kier alpha value is -0.750. The van der Waals surface area contributed by atoms with Crippen molar-refractivity contribution in [2.24, 2.45) is 0 Å². The van der Waals surface area contributed by atoms with E-state index in [1.54, 1.807) is 6.92 Å². The van der Waals surface area contributed by atoms with Crippen LogP contribution in [0.4, 0.5) is 0 Å². The van der Waals surface area contributed by atoms with Crippen molar-refractivity contribution in [1.29, 1.82) is 0 Å². The third-order valence-electron chi connectivity index (χ3n) is 1.19. The molecule has 2 N–H and O–H groups in total. The van der Waals surface area contributed by atoms with E-state index in [4.69, 9.17) is 5.11 Å². The van der Waals surface area contributed by atoms with Gasteiger partial charge in [-0.2, -0.15) is 0 Å². The fraction of sp³-hybridized carbons (Fsp3) is 0.750. The van der Waals surface area contributed by atoms with Crippen molar-refractivity contribution in [2.75, 3.05) is 31.3 Å². The Bertz CT molecular complexity index is 186. The summed E-state index contributed by atoms with van der Waals surface area (Å²) in [6.45, 7) is 2.26. The lowest BCUT2D eigenvalue weighted by atomic mass is 10.6. The number of nitrogens with one attached hydrogen (secondary N) is 1. The highest BCUT2D eigenvalue weighted by Gasteiger charge is 2.04. The van der Waals surface area contributed by atoms with Gasteiger partial charge in [-0.1, -0.05) is 0 Å². The van der Waals surface area contributed by atoms with Crippen molar-refractivity contribution in [2.45, 2.75) is 6.92 Å². The van der Waals surface area contributed by atoms with Crippen LogP contribution in [-0.4, -0.2) is 48.2 Å². The summed E-state index contributed by atoms with van der Waals surface area (Å²) in [5, 5.41) is 10.9. The fourth-order valence-electron chi connectivity index (χ4n) is 0.676. The maximum absolute atomic E-state index is 10.9. The third kappa shape index (κ3) is 7.88. The van der Waals surface area contributed by atoms with Gasteiger partial charge in [0.25, 0.3) is 0 Å². The minimum absolute atomic E-state index is 0.0751. The predicted molar refractivity (Wildman–Crippen MR) is 54.1 cm³/mol. The van der Waals surface area contributed by atoms with Gasteiger partial charge in [0.1, 0.15) is 0 Å². The van der Waals surface area contributed by atoms with Crippen molar-refractivity contribution in [1.82, 2.24) is 5.32 Å². The first-order chi connectivity index (χ1) is 6.70. The maximum Gasteiger partial charge on any atom is 0.315 e. The highest BCUT2D eigenvalue weighted by Crippen LogP contribution is 1.99. The van der Waals surface area contributed by atoms with Crippen LogP contribution in [0.1, 0.15) is 6.92 Å². The summed E-state index contributed by atoms with van der Waals surface area (Å²) in [4.78, 5) is 21.8. The van der Waals surface area contributed by atoms with Crippen LogP contribution in [0.5, 0.6) is 0 Å². The van der Waals surface area contributed by atoms with E-state index < -0.39 is 0 Å². The molecular formula is C8H15NO4S. The molecule has 0 aromatic rings. The van der Waals surface area contributed by atoms with Crippen LogP contribution in [0.15, 0.2) is 0 Å². The molecule has 0 unspecified atom stereocenters. The van der Waals surface area contributed by atoms with E-state index in [2.05, 4.69) is 10.1 Å². The molecule has 5 nitrogen and oxygen atoms in total. The van der Waals surface area contributed by atoms with E-state index in [0.29, 0.717) is 6.61 Å². The predicted octanol–water partition coefficient (Wildman–Crippen LogP) is -0.609. The van der Waals surface area contributed by atoms with Crippen LogP contribution in [0.3, 0.4) is 0 Å². The normalized spacial score (nSPS) is 9.57. The van der Waals surface area contributed by atoms with Gasteiger partial charge in [0.05, 0.1) is 24.7 Å². The van der Waals surface area contributed by atoms with Gasteiger partial charge in [0, 0.05) is 6.54 Å². The van der Waals surface area contributed by atoms with Gasteiger partial charge in [-0.05, 0) is 6.92 Å². The number of esters is 1. The molecule has 0 saturated heterocycles. The molecule has 0 radical (unpaired) electrons. The maximum atomic E-state index is 10.9. The number of rotatable bonds is 7. The minimum atomic E-state index is -0.313. The van der Waals surface area contributed by atoms with Crippen LogP contribution in [0.25, 0.3) is 0 Å². The number of carbonyl (C=O) groups is 2. The molecular weight excluding hydrogens is 206 g/mol. The second-order valence-electron chi connectivity index (χ2n) is 2.37. The number of aliphatic hydroxyl groups excluding tert-OH is 1. The van der Waals surface area contributed by atoms with Crippen LogP contribution in [0.2, 0.25) is 0 Å². The highest BCUT2D eigenvalue weighted by molar-refractivity contribution is 8.00. The first kappa shape index (κ1) is 13.2. The Morgan fingerprint density at radius 3 is 2.71 bits per heavy atom. The van der Waals surface area contributed by atoms with Crippen molar-refractivity contribution < 1.29 is 19.4 Å². The van der Waals surface area contributed by atoms with Crippen LogP contribution >= 0.6 is 11.8 Å². The van der Waals surface area contributed by atoms with Gasteiger partial charge in [-0.3, -0.25) is 9.59 Å². The van der Waals surface area contributed by atoms with Gasteiger partial charge in [-0.15, -0.1) is 11.8 Å². The Balaban J connectivity index is 3.34. The Labute approximate surface area is 87.2 Å². The molecule has 0 aromatic carbocycles. The topological polar surface area (TPSA) is 75.6 Å². The molecule has 82 valence electrons. The molecule has 1 amide bonds. The lowest BCUT2D eigenvalue weighted by Crippen LogP contribution is -2.28. The standard InChI is InChI=1S/C8H15NO4S/c1-2-13-8(12)6-14-5-7(11)9-3-4-10/h10H,2-6H2,1H3,(H,9,11). The van der Waals surface area contributed by atoms with Crippen LogP contribution in [0, 0.1) is 0 Å². The van der Waals surface area contributed by atoms with E-state index in [9.17, 15) is 9.59 Å². The summed E-state index contributed by atoms with van der Waals surface area (Å²) in [6.07, 6.45) is 0. The molecule has 0 fully saturated rings. The average molecular weight is 221 g/mol. The van der Waals surface area contributed by atoms with Gasteiger partial charge in [0.15, 0.2) is 0 Å². The monoisotopic (exact) mass is 221 g/mol. The molecule has 0 spiro atoms. The molecule has 0 atom stereocenters. The zero-order valence-electron chi connectivity index (χ0n) is 8.12. The zero-order chi connectivity index (χ0) is 10.8. The van der Waals surface area contributed by atoms with Crippen molar-refractivity contribution in [3.8, 4) is 0 Å². The summed E-state index contributed by atoms with van der Waals surface area (Å²) in [5.74, 6) is -0.111. The summed E-state index contributed by atoms with van der Waals surface area (Å²) in [7, 11) is 0. The molecule has 0 aliphatic rings. The van der Waals surface area contributed by atoms with E-state index in [1.165, 1.54) is 11.8 Å². The second-order valence-corrected chi connectivity index (χ2v) is 3.36. The molecule has 0 rings (SSSR count). The number of hydrogen-bond acceptors (Lipinski definition) is 5. The number of aliphatic hydroxyl groups is 1. The molecule has 0 saturated carbocycles. The van der Waals surface area contributed by atoms with Crippen LogP contribution < -0.4 is 5.32 Å². The molecule has 6 heteroatoms. The van der Waals surface area contributed by atoms with Crippen molar-refractivity contribution in [3.05, 3.63) is 0 Å². The Morgan fingerprint density at radius 1 is 1.43 bits per heavy atom. The van der Waals surface area contributed by atoms with Crippen molar-refractivity contribution >= 4 is 23.6 Å². The van der Waals surface area contributed by atoms with Crippen LogP contribution in [-0.2, 0) is 14.3 Å². The molecule has 0 aromatic heterocycles. The molecule has 0 aliphatic heterocycles. The van der Waals surface area contributed by atoms with E-state index in [1.807, 2.05) is 0 Å². The highest BCUT2D eigenvalue weighted by atomic mass is 32.2. The fourth-order valence-corrected chi connectivity index (χ4v) is 1.32. The third-order valence-corrected chi connectivity index (χ3v) is 2.10. The molecule has 0 heterocycles. The summed E-state index contributed by atoms with van der Waals surface area (Å²) in [5.41, 5.74) is 0. The number of carbonyl (C=O) groups excluding carboxylic acids is 2. The lowest BCUT2D eigenvalue weighted by molar-refractivity contribution is -0.139. The Morgan fingerprint density at radius 2 is 2.14 bits per heavy atom. The van der Waals surface area contributed by atoms with Gasteiger partial charge < -0.3 is 15.2 Å². The van der Waals surface area contributed by atoms with E-state index >= 15 is 0 Å². The SMILES string of the molecule is CCOC(=O)CSCC(=O)NCCO. The van der Waals surface area contributed by atoms with Gasteiger partial charge >= 0.3 is 5.97 Å². The van der Waals surface area contributed by atoms with E-state index in [-0.39, 0.29) is 36.5 Å². The smallest absolute Gasteiger partial charge is 0.315 e. The summed E-state index contributed by atoms with van der Waals surface area (Å²) >= 11 is 1.19. The number of ether oxygens (including phenoxy) is 1. The molecule has 14 heavy (non-hydrogen) atoms. The molecule has 0 aliphatic carbocycles. The first-order valence-electron chi connectivity index (χ1n) is 4.31. The Kier molecular flexibility index (Phi) is 8.36. The quantitative estimate of drug-likeness (QED) is 0.561. The van der Waals surface area contributed by atoms with Crippen molar-refractivity contribution in [3.63, 3.8) is 0 Å². The van der Waals surface area contributed by atoms with E-state index in [0.717, 1.165) is 0 Å². The number of hydrogen-bond donors (Lipinski definition) is 2. The minimum Gasteiger partial charge on any atom is -0.465 e. The largest absolute Gasteiger partial charge is 0.465 e. The molecule has 0 bridgehead atoms. The summed E-state index contributed by atoms with van der Waals surface area (Å²) < 4.78 is 4.67. The first-order valence-corrected chi connectivity index (χ1v) is 5.47. The number of amides is 1. The average Bonchev–Trinajstić information content (AvgIpc) is 2.15. The summed E-state index contributed by atoms with van der Waals surface area (Å²) in [6, 6.07) is 0. The van der Waals surface area contributed by atoms with Gasteiger partial charge in [0.2, 0.25) is 5.91 Å². The zero-order valence-corrected chi connectivity index (χ0v) is 8.93. The number of thioether (sulfide) groups is 1. The second kappa shape index (κ2) is 8.83.